The van der Waals surface area contributed by atoms with Crippen molar-refractivity contribution in [2.45, 2.75) is 38.9 Å². The molecule has 2 N–H and O–H groups in total. The molecule has 7 nitrogen and oxygen atoms in total. The number of hydrogen-bond donors (Lipinski definition) is 2. The number of rotatable bonds is 6. The summed E-state index contributed by atoms with van der Waals surface area (Å²) in [5.74, 6) is -0.551. The summed E-state index contributed by atoms with van der Waals surface area (Å²) in [5.41, 5.74) is -1.89. The minimum atomic E-state index is -1.37. The molecule has 1 rings (SSSR count). The third-order valence-electron chi connectivity index (χ3n) is 3.64. The Morgan fingerprint density at radius 1 is 1.27 bits per heavy atom. The lowest BCUT2D eigenvalue weighted by atomic mass is 9.77. The highest BCUT2D eigenvalue weighted by Crippen LogP contribution is 2.25. The van der Waals surface area contributed by atoms with Crippen LogP contribution in [-0.4, -0.2) is 53.6 Å². The van der Waals surface area contributed by atoms with Crippen LogP contribution in [0.5, 0.6) is 5.88 Å². The zero-order valence-corrected chi connectivity index (χ0v) is 13.7. The number of aromatic nitrogens is 1. The summed E-state index contributed by atoms with van der Waals surface area (Å²) >= 11 is 0. The van der Waals surface area contributed by atoms with Gasteiger partial charge in [-0.25, -0.2) is 9.78 Å². The molecule has 0 aliphatic carbocycles. The topological polar surface area (TPSA) is 98.1 Å². The van der Waals surface area contributed by atoms with Crippen LogP contribution in [-0.2, 0) is 9.39 Å². The van der Waals surface area contributed by atoms with Gasteiger partial charge in [0.15, 0.2) is 0 Å². The van der Waals surface area contributed by atoms with Crippen molar-refractivity contribution in [2.24, 2.45) is 0 Å². The van der Waals surface area contributed by atoms with Crippen molar-refractivity contribution in [3.63, 3.8) is 0 Å². The maximum absolute atomic E-state index is 11.7. The van der Waals surface area contributed by atoms with Gasteiger partial charge in [-0.2, -0.15) is 0 Å². The molecule has 0 bridgehead atoms. The van der Waals surface area contributed by atoms with E-state index >= 15 is 0 Å². The van der Waals surface area contributed by atoms with Crippen LogP contribution < -0.4 is 10.2 Å². The van der Waals surface area contributed by atoms with E-state index < -0.39 is 24.3 Å². The molecule has 0 amide bonds. The maximum atomic E-state index is 11.7. The molecule has 0 aliphatic rings. The number of pyridine rings is 1. The minimum absolute atomic E-state index is 0.0752. The van der Waals surface area contributed by atoms with Crippen molar-refractivity contribution in [3.8, 4) is 5.88 Å². The van der Waals surface area contributed by atoms with Crippen LogP contribution >= 0.6 is 0 Å². The Kier molecular flexibility index (Phi) is 5.56. The van der Waals surface area contributed by atoms with E-state index in [0.717, 1.165) is 0 Å². The van der Waals surface area contributed by atoms with Crippen LogP contribution in [0, 0.1) is 0 Å². The van der Waals surface area contributed by atoms with E-state index in [0.29, 0.717) is 0 Å². The molecule has 0 aromatic carbocycles. The summed E-state index contributed by atoms with van der Waals surface area (Å²) in [6.45, 7) is 6.44. The lowest BCUT2D eigenvalue weighted by Crippen LogP contribution is -2.53. The number of carbonyl (C=O) groups is 1. The highest BCUT2D eigenvalue weighted by molar-refractivity contribution is 6.60. The van der Waals surface area contributed by atoms with Gasteiger partial charge in [0, 0.05) is 11.7 Å². The van der Waals surface area contributed by atoms with Gasteiger partial charge in [0.1, 0.15) is 5.56 Å². The van der Waals surface area contributed by atoms with Crippen LogP contribution in [0.25, 0.3) is 0 Å². The first-order valence-corrected chi connectivity index (χ1v) is 6.74. The molecule has 0 spiro atoms. The third-order valence-corrected chi connectivity index (χ3v) is 3.64. The van der Waals surface area contributed by atoms with Gasteiger partial charge in [-0.1, -0.05) is 0 Å². The molecule has 22 heavy (non-hydrogen) atoms. The molecule has 0 fully saturated rings. The van der Waals surface area contributed by atoms with Crippen molar-refractivity contribution >= 4 is 18.6 Å². The predicted octanol–water partition coefficient (Wildman–Crippen LogP) is 0.130. The number of carbonyl (C=O) groups excluding carboxylic acids is 1. The van der Waals surface area contributed by atoms with E-state index in [9.17, 15) is 14.9 Å². The number of hydrogen-bond acceptors (Lipinski definition) is 7. The smallest absolute Gasteiger partial charge is 0.480 e. The molecule has 0 saturated carbocycles. The van der Waals surface area contributed by atoms with Crippen molar-refractivity contribution in [1.82, 2.24) is 4.98 Å². The lowest BCUT2D eigenvalue weighted by molar-refractivity contribution is -0.0982. The molecule has 1 aromatic heterocycles. The SMILES string of the molecule is COC(=O)c1cc(B(O)OC(C)(C)C(C)(C)O)cnc1OC. The van der Waals surface area contributed by atoms with Crippen molar-refractivity contribution in [1.29, 1.82) is 0 Å². The molecular weight excluding hydrogens is 289 g/mol. The summed E-state index contributed by atoms with van der Waals surface area (Å²) in [5, 5.41) is 20.3. The van der Waals surface area contributed by atoms with Gasteiger partial charge >= 0.3 is 13.1 Å². The van der Waals surface area contributed by atoms with Gasteiger partial charge in [-0.15, -0.1) is 0 Å². The number of esters is 1. The minimum Gasteiger partial charge on any atom is -0.480 e. The molecule has 0 radical (unpaired) electrons. The average Bonchev–Trinajstić information content (AvgIpc) is 2.43. The number of methoxy groups -OCH3 is 2. The van der Waals surface area contributed by atoms with E-state index in [2.05, 4.69) is 9.72 Å². The molecule has 1 aromatic rings. The molecule has 0 aliphatic heterocycles. The molecular formula is C14H22BNO6. The van der Waals surface area contributed by atoms with Crippen molar-refractivity contribution in [2.75, 3.05) is 14.2 Å². The first kappa shape index (κ1) is 18.4. The van der Waals surface area contributed by atoms with E-state index in [4.69, 9.17) is 9.39 Å². The zero-order valence-electron chi connectivity index (χ0n) is 13.7. The van der Waals surface area contributed by atoms with Crippen LogP contribution in [0.2, 0.25) is 0 Å². The van der Waals surface area contributed by atoms with Crippen LogP contribution in [0.1, 0.15) is 38.1 Å². The Bertz CT molecular complexity index is 541. The van der Waals surface area contributed by atoms with Crippen LogP contribution in [0.4, 0.5) is 0 Å². The number of aliphatic hydroxyl groups is 1. The van der Waals surface area contributed by atoms with Gasteiger partial charge in [0.2, 0.25) is 5.88 Å². The zero-order chi connectivity index (χ0) is 17.1. The predicted molar refractivity (Wildman–Crippen MR) is 81.2 cm³/mol. The summed E-state index contributed by atoms with van der Waals surface area (Å²) in [6.07, 6.45) is 1.33. The largest absolute Gasteiger partial charge is 0.493 e. The third kappa shape index (κ3) is 3.97. The first-order valence-electron chi connectivity index (χ1n) is 6.74. The Labute approximate surface area is 130 Å². The van der Waals surface area contributed by atoms with Gasteiger partial charge < -0.3 is 24.3 Å². The molecule has 0 unspecified atom stereocenters. The fraction of sp³-hybridized carbons (Fsp3) is 0.571. The Morgan fingerprint density at radius 3 is 2.32 bits per heavy atom. The number of ether oxygens (including phenoxy) is 2. The average molecular weight is 311 g/mol. The summed E-state index contributed by atoms with van der Waals surface area (Å²) < 4.78 is 15.1. The molecule has 122 valence electrons. The maximum Gasteiger partial charge on any atom is 0.493 e. The van der Waals surface area contributed by atoms with Crippen LogP contribution in [0.3, 0.4) is 0 Å². The van der Waals surface area contributed by atoms with E-state index in [1.165, 1.54) is 26.5 Å². The quantitative estimate of drug-likeness (QED) is 0.569. The van der Waals surface area contributed by atoms with Gasteiger partial charge in [-0.3, -0.25) is 0 Å². The van der Waals surface area contributed by atoms with E-state index in [1.807, 2.05) is 0 Å². The fourth-order valence-corrected chi connectivity index (χ4v) is 1.51. The van der Waals surface area contributed by atoms with Gasteiger partial charge in [0.25, 0.3) is 0 Å². The monoisotopic (exact) mass is 311 g/mol. The second-order valence-corrected chi connectivity index (χ2v) is 5.86. The van der Waals surface area contributed by atoms with E-state index in [1.54, 1.807) is 27.7 Å². The Balaban J connectivity index is 3.09. The normalized spacial score (nSPS) is 12.0. The summed E-state index contributed by atoms with van der Waals surface area (Å²) in [6, 6.07) is 1.38. The Hall–Kier alpha value is -1.64. The second kappa shape index (κ2) is 6.64. The Morgan fingerprint density at radius 2 is 1.86 bits per heavy atom. The standard InChI is InChI=1S/C14H22BNO6/c1-13(2,18)14(3,4)22-15(19)9-7-10(12(17)21-6)11(20-5)16-8-9/h7-8,18-19H,1-6H3. The van der Waals surface area contributed by atoms with Gasteiger partial charge in [0.05, 0.1) is 25.4 Å². The van der Waals surface area contributed by atoms with Crippen LogP contribution in [0.15, 0.2) is 12.3 Å². The fourth-order valence-electron chi connectivity index (χ4n) is 1.51. The number of nitrogens with zero attached hydrogens (tertiary/aromatic N) is 1. The molecule has 0 atom stereocenters. The molecule has 8 heteroatoms. The highest BCUT2D eigenvalue weighted by Gasteiger charge is 2.39. The van der Waals surface area contributed by atoms with Crippen molar-refractivity contribution < 1.29 is 29.1 Å². The van der Waals surface area contributed by atoms with Gasteiger partial charge in [-0.05, 0) is 33.8 Å². The van der Waals surface area contributed by atoms with E-state index in [-0.39, 0.29) is 16.9 Å². The molecule has 1 heterocycles. The van der Waals surface area contributed by atoms with Crippen molar-refractivity contribution in [3.05, 3.63) is 17.8 Å². The first-order chi connectivity index (χ1) is 10.0. The second-order valence-electron chi connectivity index (χ2n) is 5.86. The highest BCUT2D eigenvalue weighted by atomic mass is 16.5. The summed E-state index contributed by atoms with van der Waals surface area (Å²) in [4.78, 5) is 15.7. The molecule has 0 saturated heterocycles. The summed E-state index contributed by atoms with van der Waals surface area (Å²) in [7, 11) is 1.24. The lowest BCUT2D eigenvalue weighted by Gasteiger charge is -2.38.